The van der Waals surface area contributed by atoms with Gasteiger partial charge in [0, 0.05) is 10.2 Å². The second-order valence-electron chi connectivity index (χ2n) is 5.59. The van der Waals surface area contributed by atoms with E-state index in [4.69, 9.17) is 17.0 Å². The number of ether oxygens (including phenoxy) is 1. The van der Waals surface area contributed by atoms with E-state index in [1.807, 2.05) is 56.3 Å². The quantitative estimate of drug-likeness (QED) is 0.714. The van der Waals surface area contributed by atoms with Gasteiger partial charge in [-0.3, -0.25) is 0 Å². The van der Waals surface area contributed by atoms with Gasteiger partial charge in [0.25, 0.3) is 0 Å². The molecule has 5 heteroatoms. The maximum absolute atomic E-state index is 5.75. The summed E-state index contributed by atoms with van der Waals surface area (Å²) >= 11 is 8.84. The van der Waals surface area contributed by atoms with Crippen molar-refractivity contribution in [2.45, 2.75) is 26.8 Å². The Morgan fingerprint density at radius 3 is 2.52 bits per heavy atom. The zero-order valence-electron chi connectivity index (χ0n) is 13.5. The standard InChI is InChI=1S/C18H21BrN2OS/c1-12-4-7-16(8-5-12)22-11-14(3)20-18(23)21-15-6-9-17(19)13(2)10-15/h4-10,14H,11H2,1-3H3,(H2,20,21,23). The van der Waals surface area contributed by atoms with Crippen LogP contribution >= 0.6 is 28.1 Å². The van der Waals surface area contributed by atoms with Crippen LogP contribution in [0.1, 0.15) is 18.1 Å². The molecule has 0 aromatic heterocycles. The zero-order chi connectivity index (χ0) is 16.8. The number of nitrogens with one attached hydrogen (secondary N) is 2. The predicted octanol–water partition coefficient (Wildman–Crippen LogP) is 4.82. The molecule has 23 heavy (non-hydrogen) atoms. The molecule has 0 aliphatic carbocycles. The van der Waals surface area contributed by atoms with E-state index in [9.17, 15) is 0 Å². The summed E-state index contributed by atoms with van der Waals surface area (Å²) in [6, 6.07) is 14.2. The number of benzene rings is 2. The van der Waals surface area contributed by atoms with Crippen LogP contribution < -0.4 is 15.4 Å². The summed E-state index contributed by atoms with van der Waals surface area (Å²) in [5, 5.41) is 7.01. The molecule has 0 fully saturated rings. The summed E-state index contributed by atoms with van der Waals surface area (Å²) in [6.07, 6.45) is 0. The average Bonchev–Trinajstić information content (AvgIpc) is 2.50. The molecule has 0 radical (unpaired) electrons. The van der Waals surface area contributed by atoms with Crippen molar-refractivity contribution in [3.8, 4) is 5.75 Å². The maximum Gasteiger partial charge on any atom is 0.171 e. The number of aryl methyl sites for hydroxylation is 2. The van der Waals surface area contributed by atoms with E-state index in [0.717, 1.165) is 21.5 Å². The molecule has 2 N–H and O–H groups in total. The largest absolute Gasteiger partial charge is 0.491 e. The van der Waals surface area contributed by atoms with Crippen LogP contribution in [0.3, 0.4) is 0 Å². The van der Waals surface area contributed by atoms with E-state index in [-0.39, 0.29) is 6.04 Å². The van der Waals surface area contributed by atoms with Gasteiger partial charge in [-0.25, -0.2) is 0 Å². The highest BCUT2D eigenvalue weighted by atomic mass is 79.9. The van der Waals surface area contributed by atoms with Crippen molar-refractivity contribution in [1.29, 1.82) is 0 Å². The van der Waals surface area contributed by atoms with Gasteiger partial charge in [-0.15, -0.1) is 0 Å². The third-order valence-corrected chi connectivity index (χ3v) is 4.42. The summed E-state index contributed by atoms with van der Waals surface area (Å²) < 4.78 is 6.84. The van der Waals surface area contributed by atoms with Crippen LogP contribution in [0, 0.1) is 13.8 Å². The molecule has 1 atom stereocenters. The number of thiocarbonyl (C=S) groups is 1. The Morgan fingerprint density at radius 1 is 1.17 bits per heavy atom. The Morgan fingerprint density at radius 2 is 1.87 bits per heavy atom. The molecule has 0 amide bonds. The fraction of sp³-hybridized carbons (Fsp3) is 0.278. The van der Waals surface area contributed by atoms with E-state index in [1.165, 1.54) is 5.56 Å². The lowest BCUT2D eigenvalue weighted by atomic mass is 10.2. The molecule has 0 saturated heterocycles. The lowest BCUT2D eigenvalue weighted by molar-refractivity contribution is 0.287. The third kappa shape index (κ3) is 5.84. The van der Waals surface area contributed by atoms with Crippen molar-refractivity contribution in [3.05, 3.63) is 58.1 Å². The first kappa shape index (κ1) is 17.8. The Labute approximate surface area is 151 Å². The Hall–Kier alpha value is -1.59. The number of rotatable bonds is 5. The molecular weight excluding hydrogens is 372 g/mol. The van der Waals surface area contributed by atoms with Gasteiger partial charge in [-0.1, -0.05) is 33.6 Å². The van der Waals surface area contributed by atoms with Crippen LogP contribution in [-0.2, 0) is 0 Å². The molecule has 2 aromatic rings. The minimum atomic E-state index is 0.104. The first-order valence-electron chi connectivity index (χ1n) is 7.47. The molecule has 122 valence electrons. The first-order chi connectivity index (χ1) is 10.9. The molecule has 2 aromatic carbocycles. The lowest BCUT2D eigenvalue weighted by Crippen LogP contribution is -2.39. The summed E-state index contributed by atoms with van der Waals surface area (Å²) in [5.41, 5.74) is 3.35. The van der Waals surface area contributed by atoms with E-state index in [1.54, 1.807) is 0 Å². The van der Waals surface area contributed by atoms with Crippen LogP contribution in [0.5, 0.6) is 5.75 Å². The average molecular weight is 393 g/mol. The van der Waals surface area contributed by atoms with E-state index in [0.29, 0.717) is 11.7 Å². The highest BCUT2D eigenvalue weighted by Crippen LogP contribution is 2.20. The van der Waals surface area contributed by atoms with Gasteiger partial charge in [-0.05, 0) is 68.9 Å². The van der Waals surface area contributed by atoms with Gasteiger partial charge >= 0.3 is 0 Å². The molecule has 0 heterocycles. The second kappa shape index (κ2) is 8.31. The molecule has 0 aliphatic heterocycles. The van der Waals surface area contributed by atoms with Crippen molar-refractivity contribution in [1.82, 2.24) is 5.32 Å². The minimum absolute atomic E-state index is 0.104. The molecule has 0 saturated carbocycles. The topological polar surface area (TPSA) is 33.3 Å². The number of halogens is 1. The monoisotopic (exact) mass is 392 g/mol. The zero-order valence-corrected chi connectivity index (χ0v) is 15.9. The second-order valence-corrected chi connectivity index (χ2v) is 6.85. The molecule has 0 aliphatic rings. The first-order valence-corrected chi connectivity index (χ1v) is 8.67. The Bertz CT molecular complexity index is 673. The third-order valence-electron chi connectivity index (χ3n) is 3.31. The predicted molar refractivity (Wildman–Crippen MR) is 104 cm³/mol. The van der Waals surface area contributed by atoms with Crippen LogP contribution in [0.4, 0.5) is 5.69 Å². The van der Waals surface area contributed by atoms with Gasteiger partial charge in [0.1, 0.15) is 12.4 Å². The smallest absolute Gasteiger partial charge is 0.171 e. The molecule has 2 rings (SSSR count). The van der Waals surface area contributed by atoms with Gasteiger partial charge in [-0.2, -0.15) is 0 Å². The van der Waals surface area contributed by atoms with Crippen molar-refractivity contribution in [3.63, 3.8) is 0 Å². The summed E-state index contributed by atoms with van der Waals surface area (Å²) in [6.45, 7) is 6.69. The summed E-state index contributed by atoms with van der Waals surface area (Å²) in [4.78, 5) is 0. The maximum atomic E-state index is 5.75. The number of anilines is 1. The van der Waals surface area contributed by atoms with Gasteiger partial charge in [0.05, 0.1) is 6.04 Å². The fourth-order valence-electron chi connectivity index (χ4n) is 2.01. The number of hydrogen-bond donors (Lipinski definition) is 2. The van der Waals surface area contributed by atoms with Gasteiger partial charge in [0.2, 0.25) is 0 Å². The molecule has 0 spiro atoms. The highest BCUT2D eigenvalue weighted by molar-refractivity contribution is 9.10. The minimum Gasteiger partial charge on any atom is -0.491 e. The Balaban J connectivity index is 1.79. The van der Waals surface area contributed by atoms with E-state index < -0.39 is 0 Å². The van der Waals surface area contributed by atoms with Crippen LogP contribution in [0.2, 0.25) is 0 Å². The summed E-state index contributed by atoms with van der Waals surface area (Å²) in [5.74, 6) is 0.867. The van der Waals surface area contributed by atoms with Crippen molar-refractivity contribution < 1.29 is 4.74 Å². The van der Waals surface area contributed by atoms with Gasteiger partial charge < -0.3 is 15.4 Å². The number of hydrogen-bond acceptors (Lipinski definition) is 2. The van der Waals surface area contributed by atoms with E-state index in [2.05, 4.69) is 33.5 Å². The van der Waals surface area contributed by atoms with Crippen molar-refractivity contribution in [2.75, 3.05) is 11.9 Å². The van der Waals surface area contributed by atoms with Crippen molar-refractivity contribution >= 4 is 38.9 Å². The molecular formula is C18H21BrN2OS. The fourth-order valence-corrected chi connectivity index (χ4v) is 2.58. The lowest BCUT2D eigenvalue weighted by Gasteiger charge is -2.18. The van der Waals surface area contributed by atoms with E-state index >= 15 is 0 Å². The molecule has 0 bridgehead atoms. The molecule has 3 nitrogen and oxygen atoms in total. The highest BCUT2D eigenvalue weighted by Gasteiger charge is 2.06. The van der Waals surface area contributed by atoms with Crippen LogP contribution in [0.15, 0.2) is 46.9 Å². The Kier molecular flexibility index (Phi) is 6.42. The van der Waals surface area contributed by atoms with Crippen LogP contribution in [0.25, 0.3) is 0 Å². The normalized spacial score (nSPS) is 11.7. The van der Waals surface area contributed by atoms with Crippen LogP contribution in [-0.4, -0.2) is 17.8 Å². The SMILES string of the molecule is Cc1ccc(OCC(C)NC(=S)Nc2ccc(Br)c(C)c2)cc1. The van der Waals surface area contributed by atoms with Crippen molar-refractivity contribution in [2.24, 2.45) is 0 Å². The van der Waals surface area contributed by atoms with Gasteiger partial charge in [0.15, 0.2) is 5.11 Å². The molecule has 1 unspecified atom stereocenters. The summed E-state index contributed by atoms with van der Waals surface area (Å²) in [7, 11) is 0.